The number of carbonyl (C=O) groups excluding carboxylic acids is 1. The Hall–Kier alpha value is -3.08. The number of fused-ring (bicyclic) bond motifs is 1. The minimum Gasteiger partial charge on any atom is -0.497 e. The van der Waals surface area contributed by atoms with Gasteiger partial charge in [-0.15, -0.1) is 0 Å². The summed E-state index contributed by atoms with van der Waals surface area (Å²) in [7, 11) is -2.77. The van der Waals surface area contributed by atoms with E-state index in [2.05, 4.69) is 10.1 Å². The number of amides is 1. The molecule has 0 aliphatic carbocycles. The fraction of sp³-hybridized carbons (Fsp3) is 0.150. The Kier molecular flexibility index (Phi) is 6.09. The topological polar surface area (TPSA) is 114 Å². The molecular formula is C20H16Cl2N4O5S. The van der Waals surface area contributed by atoms with Gasteiger partial charge >= 0.3 is 10.2 Å². The molecular weight excluding hydrogens is 479 g/mol. The van der Waals surface area contributed by atoms with Crippen LogP contribution < -0.4 is 9.46 Å². The van der Waals surface area contributed by atoms with E-state index in [1.165, 1.54) is 32.0 Å². The zero-order valence-electron chi connectivity index (χ0n) is 16.6. The summed E-state index contributed by atoms with van der Waals surface area (Å²) in [4.78, 5) is 16.6. The molecule has 32 heavy (non-hydrogen) atoms. The Morgan fingerprint density at radius 3 is 2.72 bits per heavy atom. The number of halogens is 2. The summed E-state index contributed by atoms with van der Waals surface area (Å²) in [5.74, 6) is -0.293. The van der Waals surface area contributed by atoms with Crippen molar-refractivity contribution >= 4 is 45.5 Å². The highest BCUT2D eigenvalue weighted by Gasteiger charge is 2.28. The predicted molar refractivity (Wildman–Crippen MR) is 118 cm³/mol. The molecule has 0 fully saturated rings. The molecule has 1 aromatic carbocycles. The minimum atomic E-state index is -4.29. The van der Waals surface area contributed by atoms with Gasteiger partial charge < -0.3 is 9.15 Å². The Balaban J connectivity index is 1.53. The predicted octanol–water partition coefficient (Wildman–Crippen LogP) is 3.41. The molecule has 3 heterocycles. The smallest absolute Gasteiger partial charge is 0.341 e. The lowest BCUT2D eigenvalue weighted by atomic mass is 10.0. The second-order valence-corrected chi connectivity index (χ2v) is 9.19. The Labute approximate surface area is 193 Å². The van der Waals surface area contributed by atoms with Gasteiger partial charge in [0.2, 0.25) is 0 Å². The van der Waals surface area contributed by atoms with Gasteiger partial charge in [-0.1, -0.05) is 23.2 Å². The first kappa shape index (κ1) is 22.1. The monoisotopic (exact) mass is 494 g/mol. The number of pyridine rings is 1. The number of nitrogens with one attached hydrogen (secondary N) is 1. The average molecular weight is 495 g/mol. The van der Waals surface area contributed by atoms with E-state index in [1.54, 1.807) is 18.2 Å². The molecule has 0 bridgehead atoms. The summed E-state index contributed by atoms with van der Waals surface area (Å²) >= 11 is 12.3. The molecule has 0 atom stereocenters. The van der Waals surface area contributed by atoms with Gasteiger partial charge in [0.25, 0.3) is 5.91 Å². The Bertz CT molecular complexity index is 1300. The first-order valence-electron chi connectivity index (χ1n) is 9.17. The van der Waals surface area contributed by atoms with Crippen molar-refractivity contribution in [2.75, 3.05) is 7.11 Å². The van der Waals surface area contributed by atoms with Crippen molar-refractivity contribution in [2.24, 2.45) is 5.10 Å². The third-order valence-electron chi connectivity index (χ3n) is 4.79. The number of furan rings is 1. The Morgan fingerprint density at radius 1 is 1.25 bits per heavy atom. The van der Waals surface area contributed by atoms with Crippen LogP contribution in [0.4, 0.5) is 0 Å². The van der Waals surface area contributed by atoms with Gasteiger partial charge in [0.05, 0.1) is 41.7 Å². The summed E-state index contributed by atoms with van der Waals surface area (Å²) in [6, 6.07) is 5.23. The van der Waals surface area contributed by atoms with E-state index < -0.39 is 16.1 Å². The minimum absolute atomic E-state index is 0.0283. The van der Waals surface area contributed by atoms with Gasteiger partial charge in [-0.05, 0) is 34.9 Å². The highest BCUT2D eigenvalue weighted by atomic mass is 35.5. The molecule has 0 saturated carbocycles. The summed E-state index contributed by atoms with van der Waals surface area (Å²) in [5.41, 5.74) is 2.41. The average Bonchev–Trinajstić information content (AvgIpc) is 3.24. The second kappa shape index (κ2) is 8.81. The van der Waals surface area contributed by atoms with Crippen molar-refractivity contribution < 1.29 is 22.4 Å². The van der Waals surface area contributed by atoms with E-state index >= 15 is 0 Å². The van der Waals surface area contributed by atoms with Crippen molar-refractivity contribution in [2.45, 2.75) is 13.0 Å². The third kappa shape index (κ3) is 4.43. The standard InChI is InChI=1S/C20H16Cl2N4O5S/c1-30-15-3-2-12-6-24-26(9-13(12)4-15)32(28,29)25-20(27)17-11-31-10-14(17)5-16-18(21)7-23-8-19(16)22/h2-4,6-8,10-11H,5,9H2,1H3,(H,25,27). The van der Waals surface area contributed by atoms with Crippen LogP contribution in [0.25, 0.3) is 0 Å². The van der Waals surface area contributed by atoms with Gasteiger partial charge in [0.15, 0.2) is 0 Å². The largest absolute Gasteiger partial charge is 0.497 e. The maximum absolute atomic E-state index is 12.8. The molecule has 4 rings (SSSR count). The number of aromatic nitrogens is 1. The van der Waals surface area contributed by atoms with Gasteiger partial charge in [-0.25, -0.2) is 4.72 Å². The van der Waals surface area contributed by atoms with Crippen LogP contribution >= 0.6 is 23.2 Å². The molecule has 0 spiro atoms. The maximum atomic E-state index is 12.8. The molecule has 0 unspecified atom stereocenters. The third-order valence-corrected chi connectivity index (χ3v) is 6.66. The number of methoxy groups -OCH3 is 1. The number of nitrogens with zero attached hydrogens (tertiary/aromatic N) is 3. The van der Waals surface area contributed by atoms with Crippen molar-refractivity contribution in [3.63, 3.8) is 0 Å². The molecule has 2 aromatic heterocycles. The lowest BCUT2D eigenvalue weighted by Gasteiger charge is -2.23. The molecule has 166 valence electrons. The van der Waals surface area contributed by atoms with Gasteiger partial charge in [-0.3, -0.25) is 9.78 Å². The first-order valence-corrected chi connectivity index (χ1v) is 11.4. The van der Waals surface area contributed by atoms with Crippen LogP contribution in [0.5, 0.6) is 5.75 Å². The normalized spacial score (nSPS) is 13.0. The number of hydrogen-bond donors (Lipinski definition) is 1. The van der Waals surface area contributed by atoms with Crippen molar-refractivity contribution in [1.29, 1.82) is 0 Å². The van der Waals surface area contributed by atoms with Crippen LogP contribution in [0.2, 0.25) is 10.0 Å². The molecule has 0 saturated heterocycles. The van der Waals surface area contributed by atoms with Gasteiger partial charge in [0.1, 0.15) is 12.0 Å². The van der Waals surface area contributed by atoms with Crippen molar-refractivity contribution in [3.05, 3.63) is 81.0 Å². The lowest BCUT2D eigenvalue weighted by molar-refractivity contribution is 0.0977. The summed E-state index contributed by atoms with van der Waals surface area (Å²) < 4.78 is 38.7. The number of carbonyl (C=O) groups is 1. The molecule has 0 radical (unpaired) electrons. The Morgan fingerprint density at radius 2 is 2.00 bits per heavy atom. The highest BCUT2D eigenvalue weighted by molar-refractivity contribution is 7.87. The number of hydrogen-bond acceptors (Lipinski definition) is 7. The van der Waals surface area contributed by atoms with E-state index in [0.717, 1.165) is 16.2 Å². The van der Waals surface area contributed by atoms with Crippen LogP contribution in [0.1, 0.15) is 32.6 Å². The highest BCUT2D eigenvalue weighted by Crippen LogP contribution is 2.28. The van der Waals surface area contributed by atoms with Gasteiger partial charge in [0, 0.05) is 24.4 Å². The molecule has 9 nitrogen and oxygen atoms in total. The quantitative estimate of drug-likeness (QED) is 0.561. The van der Waals surface area contributed by atoms with Gasteiger partial charge in [-0.2, -0.15) is 17.9 Å². The number of rotatable bonds is 6. The zero-order chi connectivity index (χ0) is 22.9. The van der Waals surface area contributed by atoms with E-state index in [9.17, 15) is 13.2 Å². The number of ether oxygens (including phenoxy) is 1. The van der Waals surface area contributed by atoms with Crippen LogP contribution in [-0.2, 0) is 23.2 Å². The number of benzene rings is 1. The van der Waals surface area contributed by atoms with Crippen molar-refractivity contribution in [1.82, 2.24) is 14.1 Å². The molecule has 3 aromatic rings. The molecule has 12 heteroatoms. The maximum Gasteiger partial charge on any atom is 0.341 e. The number of hydrazone groups is 1. The summed E-state index contributed by atoms with van der Waals surface area (Å²) in [6.45, 7) is -0.0634. The fourth-order valence-electron chi connectivity index (χ4n) is 3.11. The van der Waals surface area contributed by atoms with Crippen LogP contribution in [0.15, 0.2) is 52.6 Å². The van der Waals surface area contributed by atoms with E-state index in [4.69, 9.17) is 32.4 Å². The molecule has 1 N–H and O–H groups in total. The second-order valence-electron chi connectivity index (χ2n) is 6.80. The van der Waals surface area contributed by atoms with Crippen LogP contribution in [0, 0.1) is 0 Å². The van der Waals surface area contributed by atoms with Crippen LogP contribution in [0.3, 0.4) is 0 Å². The molecule has 1 aliphatic rings. The zero-order valence-corrected chi connectivity index (χ0v) is 18.9. The summed E-state index contributed by atoms with van der Waals surface area (Å²) in [6.07, 6.45) is 6.88. The lowest BCUT2D eigenvalue weighted by Crippen LogP contribution is -2.41. The fourth-order valence-corrected chi connectivity index (χ4v) is 4.54. The SMILES string of the molecule is COc1ccc2c(c1)CN(S(=O)(=O)NC(=O)c1cocc1Cc1c(Cl)cncc1Cl)N=C2. The van der Waals surface area contributed by atoms with Crippen LogP contribution in [-0.4, -0.2) is 37.0 Å². The molecule has 1 aliphatic heterocycles. The van der Waals surface area contributed by atoms with Crippen molar-refractivity contribution in [3.8, 4) is 5.75 Å². The van der Waals surface area contributed by atoms with E-state index in [1.807, 2.05) is 4.72 Å². The first-order chi connectivity index (χ1) is 15.3. The molecule has 1 amide bonds. The summed E-state index contributed by atoms with van der Waals surface area (Å²) in [5, 5.41) is 4.57. The van der Waals surface area contributed by atoms with E-state index in [0.29, 0.717) is 32.5 Å². The van der Waals surface area contributed by atoms with E-state index in [-0.39, 0.29) is 18.5 Å².